The van der Waals surface area contributed by atoms with Crippen LogP contribution in [-0.2, 0) is 9.59 Å². The van der Waals surface area contributed by atoms with E-state index in [1.807, 2.05) is 17.0 Å². The van der Waals surface area contributed by atoms with Crippen molar-refractivity contribution in [1.29, 1.82) is 0 Å². The maximum atomic E-state index is 12.6. The molecule has 0 aromatic heterocycles. The summed E-state index contributed by atoms with van der Waals surface area (Å²) < 4.78 is 6.28. The van der Waals surface area contributed by atoms with E-state index in [0.29, 0.717) is 43.7 Å². The fourth-order valence-electron chi connectivity index (χ4n) is 4.11. The first-order chi connectivity index (χ1) is 13.1. The second kappa shape index (κ2) is 7.21. The lowest BCUT2D eigenvalue weighted by molar-refractivity contribution is -0.139. The van der Waals surface area contributed by atoms with Crippen molar-refractivity contribution in [1.82, 2.24) is 15.1 Å². The van der Waals surface area contributed by atoms with Gasteiger partial charge in [0.2, 0.25) is 11.8 Å². The lowest BCUT2D eigenvalue weighted by Crippen LogP contribution is -2.46. The van der Waals surface area contributed by atoms with Gasteiger partial charge in [0.05, 0.1) is 18.7 Å². The van der Waals surface area contributed by atoms with Gasteiger partial charge in [0.25, 0.3) is 5.91 Å². The highest BCUT2D eigenvalue weighted by molar-refractivity contribution is 5.97. The third kappa shape index (κ3) is 3.63. The summed E-state index contributed by atoms with van der Waals surface area (Å²) in [4.78, 5) is 40.9. The van der Waals surface area contributed by atoms with Crippen LogP contribution in [0.25, 0.3) is 0 Å². The van der Waals surface area contributed by atoms with Gasteiger partial charge in [0.1, 0.15) is 11.4 Å². The Balaban J connectivity index is 1.48. The second-order valence-electron chi connectivity index (χ2n) is 7.62. The molecule has 1 aromatic rings. The molecule has 1 spiro atoms. The third-order valence-corrected chi connectivity index (χ3v) is 5.80. The maximum Gasteiger partial charge on any atom is 0.255 e. The van der Waals surface area contributed by atoms with Crippen molar-refractivity contribution in [2.24, 2.45) is 0 Å². The van der Waals surface area contributed by atoms with Gasteiger partial charge in [-0.3, -0.25) is 14.4 Å². The van der Waals surface area contributed by atoms with Crippen LogP contribution in [0, 0.1) is 0 Å². The molecule has 1 aromatic carbocycles. The van der Waals surface area contributed by atoms with Crippen molar-refractivity contribution in [3.8, 4) is 5.75 Å². The molecule has 7 heteroatoms. The minimum absolute atomic E-state index is 0.0214. The molecule has 1 unspecified atom stereocenters. The fourth-order valence-corrected chi connectivity index (χ4v) is 4.11. The molecule has 7 nitrogen and oxygen atoms in total. The Labute approximate surface area is 158 Å². The van der Waals surface area contributed by atoms with E-state index < -0.39 is 5.60 Å². The van der Waals surface area contributed by atoms with Crippen LogP contribution < -0.4 is 10.1 Å². The highest BCUT2D eigenvalue weighted by atomic mass is 16.5. The molecule has 4 rings (SSSR count). The molecule has 2 fully saturated rings. The molecular formula is C20H25N3O4. The molecule has 144 valence electrons. The van der Waals surface area contributed by atoms with Crippen molar-refractivity contribution in [2.45, 2.75) is 37.7 Å². The zero-order valence-electron chi connectivity index (χ0n) is 15.4. The molecule has 0 radical (unpaired) electrons. The Bertz CT molecular complexity index is 759. The monoisotopic (exact) mass is 371 g/mol. The lowest BCUT2D eigenvalue weighted by atomic mass is 9.94. The second-order valence-corrected chi connectivity index (χ2v) is 7.62. The molecule has 3 aliphatic heterocycles. The minimum atomic E-state index is -0.622. The van der Waals surface area contributed by atoms with E-state index in [1.54, 1.807) is 17.0 Å². The molecule has 0 aliphatic carbocycles. The number of likely N-dealkylation sites (tertiary alicyclic amines) is 2. The van der Waals surface area contributed by atoms with Gasteiger partial charge >= 0.3 is 0 Å². The van der Waals surface area contributed by atoms with Crippen LogP contribution in [0.3, 0.4) is 0 Å². The Morgan fingerprint density at radius 1 is 1.11 bits per heavy atom. The summed E-state index contributed by atoms with van der Waals surface area (Å²) in [5.74, 6) is 0.407. The average molecular weight is 371 g/mol. The standard InChI is InChI=1S/C20H25N3O4/c24-17-7-8-20(9-12-23(17)13-18(25)22-10-3-4-11-22)14-21-19(26)15-5-1-2-6-16(15)27-20/h1-2,5-6H,3-4,7-14H2,(H,21,26). The summed E-state index contributed by atoms with van der Waals surface area (Å²) in [5.41, 5.74) is -0.102. The van der Waals surface area contributed by atoms with Crippen LogP contribution in [0.2, 0.25) is 0 Å². The molecule has 0 saturated carbocycles. The van der Waals surface area contributed by atoms with Crippen molar-refractivity contribution in [3.05, 3.63) is 29.8 Å². The average Bonchev–Trinajstić information content (AvgIpc) is 3.13. The highest BCUT2D eigenvalue weighted by Crippen LogP contribution is 2.33. The molecular weight excluding hydrogens is 346 g/mol. The molecule has 3 amide bonds. The summed E-state index contributed by atoms with van der Waals surface area (Å²) in [6.45, 7) is 2.53. The largest absolute Gasteiger partial charge is 0.485 e. The SMILES string of the molecule is O=C1NCC2(CCC(=O)N(CC(=O)N3CCCC3)CC2)Oc2ccccc21. The summed E-state index contributed by atoms with van der Waals surface area (Å²) in [7, 11) is 0. The first-order valence-corrected chi connectivity index (χ1v) is 9.68. The zero-order valence-corrected chi connectivity index (χ0v) is 15.4. The molecule has 0 bridgehead atoms. The van der Waals surface area contributed by atoms with Crippen molar-refractivity contribution in [3.63, 3.8) is 0 Å². The van der Waals surface area contributed by atoms with Gasteiger partial charge in [0, 0.05) is 32.5 Å². The molecule has 1 atom stereocenters. The first kappa shape index (κ1) is 17.8. The number of carbonyl (C=O) groups is 3. The Morgan fingerprint density at radius 3 is 2.70 bits per heavy atom. The van der Waals surface area contributed by atoms with E-state index in [-0.39, 0.29) is 24.3 Å². The number of rotatable bonds is 2. The van der Waals surface area contributed by atoms with E-state index >= 15 is 0 Å². The number of benzene rings is 1. The van der Waals surface area contributed by atoms with Gasteiger partial charge in [0.15, 0.2) is 0 Å². The smallest absolute Gasteiger partial charge is 0.255 e. The van der Waals surface area contributed by atoms with E-state index in [0.717, 1.165) is 25.9 Å². The Hall–Kier alpha value is -2.57. The van der Waals surface area contributed by atoms with E-state index in [4.69, 9.17) is 4.74 Å². The number of fused-ring (bicyclic) bond motifs is 1. The van der Waals surface area contributed by atoms with Crippen LogP contribution in [0.15, 0.2) is 24.3 Å². The first-order valence-electron chi connectivity index (χ1n) is 9.68. The summed E-state index contributed by atoms with van der Waals surface area (Å²) >= 11 is 0. The van der Waals surface area contributed by atoms with Crippen LogP contribution in [0.4, 0.5) is 0 Å². The topological polar surface area (TPSA) is 79.0 Å². The van der Waals surface area contributed by atoms with Crippen molar-refractivity contribution in [2.75, 3.05) is 32.7 Å². The van der Waals surface area contributed by atoms with Crippen LogP contribution in [0.1, 0.15) is 42.5 Å². The van der Waals surface area contributed by atoms with Crippen LogP contribution in [-0.4, -0.2) is 65.8 Å². The zero-order chi connectivity index (χ0) is 18.9. The number of hydrogen-bond donors (Lipinski definition) is 1. The molecule has 1 N–H and O–H groups in total. The summed E-state index contributed by atoms with van der Waals surface area (Å²) in [6, 6.07) is 7.19. The van der Waals surface area contributed by atoms with E-state index in [1.165, 1.54) is 0 Å². The molecule has 27 heavy (non-hydrogen) atoms. The van der Waals surface area contributed by atoms with E-state index in [2.05, 4.69) is 5.32 Å². The Morgan fingerprint density at radius 2 is 1.89 bits per heavy atom. The number of para-hydroxylation sites is 1. The van der Waals surface area contributed by atoms with Gasteiger partial charge in [-0.15, -0.1) is 0 Å². The van der Waals surface area contributed by atoms with Gasteiger partial charge in [-0.2, -0.15) is 0 Å². The lowest BCUT2D eigenvalue weighted by Gasteiger charge is -2.32. The number of ether oxygens (including phenoxy) is 1. The van der Waals surface area contributed by atoms with E-state index in [9.17, 15) is 14.4 Å². The highest BCUT2D eigenvalue weighted by Gasteiger charge is 2.40. The predicted molar refractivity (Wildman–Crippen MR) is 98.4 cm³/mol. The quantitative estimate of drug-likeness (QED) is 0.847. The van der Waals surface area contributed by atoms with Crippen LogP contribution >= 0.6 is 0 Å². The van der Waals surface area contributed by atoms with Gasteiger partial charge in [-0.1, -0.05) is 12.1 Å². The van der Waals surface area contributed by atoms with Crippen LogP contribution in [0.5, 0.6) is 5.75 Å². The predicted octanol–water partition coefficient (Wildman–Crippen LogP) is 1.18. The van der Waals surface area contributed by atoms with Crippen molar-refractivity contribution < 1.29 is 19.1 Å². The summed E-state index contributed by atoms with van der Waals surface area (Å²) in [5, 5.41) is 2.94. The number of amides is 3. The van der Waals surface area contributed by atoms with Gasteiger partial charge in [-0.05, 0) is 31.4 Å². The van der Waals surface area contributed by atoms with Gasteiger partial charge in [-0.25, -0.2) is 0 Å². The number of nitrogens with one attached hydrogen (secondary N) is 1. The van der Waals surface area contributed by atoms with Crippen molar-refractivity contribution >= 4 is 17.7 Å². The molecule has 3 aliphatic rings. The Kier molecular flexibility index (Phi) is 4.76. The fraction of sp³-hybridized carbons (Fsp3) is 0.550. The number of hydrogen-bond acceptors (Lipinski definition) is 4. The molecule has 3 heterocycles. The number of nitrogens with zero attached hydrogens (tertiary/aromatic N) is 2. The van der Waals surface area contributed by atoms with Gasteiger partial charge < -0.3 is 19.9 Å². The summed E-state index contributed by atoms with van der Waals surface area (Å²) in [6.07, 6.45) is 3.49. The maximum absolute atomic E-state index is 12.6. The minimum Gasteiger partial charge on any atom is -0.485 e. The normalized spacial score (nSPS) is 25.5. The number of carbonyl (C=O) groups excluding carboxylic acids is 3. The molecule has 2 saturated heterocycles. The third-order valence-electron chi connectivity index (χ3n) is 5.80.